The van der Waals surface area contributed by atoms with Crippen LogP contribution < -0.4 is 15.4 Å². The van der Waals surface area contributed by atoms with E-state index in [2.05, 4.69) is 20.6 Å². The van der Waals surface area contributed by atoms with E-state index in [0.717, 1.165) is 18.1 Å². The van der Waals surface area contributed by atoms with Gasteiger partial charge in [-0.1, -0.05) is 6.42 Å². The van der Waals surface area contributed by atoms with Gasteiger partial charge in [0.1, 0.15) is 12.0 Å². The third kappa shape index (κ3) is 1.47. The van der Waals surface area contributed by atoms with Crippen molar-refractivity contribution < 1.29 is 4.74 Å². The number of nitrogens with one attached hydrogen (secondary N) is 2. The molecule has 1 saturated carbocycles. The van der Waals surface area contributed by atoms with Gasteiger partial charge in [0.2, 0.25) is 5.88 Å². The maximum absolute atomic E-state index is 5.24. The van der Waals surface area contributed by atoms with Crippen molar-refractivity contribution in [2.75, 3.05) is 24.3 Å². The first-order valence-electron chi connectivity index (χ1n) is 5.78. The molecule has 2 aliphatic rings. The number of fused-ring (bicyclic) bond motifs is 2. The van der Waals surface area contributed by atoms with Gasteiger partial charge in [0.25, 0.3) is 0 Å². The summed E-state index contributed by atoms with van der Waals surface area (Å²) in [7, 11) is 1.63. The summed E-state index contributed by atoms with van der Waals surface area (Å²) in [5, 5.41) is 6.91. The molecule has 1 aliphatic heterocycles. The van der Waals surface area contributed by atoms with Gasteiger partial charge < -0.3 is 15.4 Å². The Hall–Kier alpha value is -1.52. The summed E-state index contributed by atoms with van der Waals surface area (Å²) in [6.07, 6.45) is 5.37. The molecule has 2 atom stereocenters. The van der Waals surface area contributed by atoms with E-state index >= 15 is 0 Å². The van der Waals surface area contributed by atoms with Crippen LogP contribution in [0.5, 0.6) is 5.88 Å². The number of aromatic nitrogens is 2. The molecule has 0 amide bonds. The van der Waals surface area contributed by atoms with Crippen molar-refractivity contribution in [1.82, 2.24) is 9.97 Å². The summed E-state index contributed by atoms with van der Waals surface area (Å²) in [6, 6.07) is 0.549. The Morgan fingerprint density at radius 2 is 2.31 bits per heavy atom. The molecule has 0 spiro atoms. The largest absolute Gasteiger partial charge is 0.479 e. The van der Waals surface area contributed by atoms with Gasteiger partial charge in [-0.05, 0) is 18.8 Å². The molecule has 1 aliphatic carbocycles. The van der Waals surface area contributed by atoms with E-state index in [1.54, 1.807) is 13.4 Å². The fourth-order valence-corrected chi connectivity index (χ4v) is 2.67. The quantitative estimate of drug-likeness (QED) is 0.751. The minimum absolute atomic E-state index is 0.549. The Bertz CT molecular complexity index is 396. The van der Waals surface area contributed by atoms with Crippen molar-refractivity contribution in [1.29, 1.82) is 0 Å². The number of hydrogen-bond donors (Lipinski definition) is 2. The van der Waals surface area contributed by atoms with Crippen molar-refractivity contribution in [3.8, 4) is 5.88 Å². The van der Waals surface area contributed by atoms with Gasteiger partial charge in [0, 0.05) is 12.6 Å². The van der Waals surface area contributed by atoms with Gasteiger partial charge in [-0.3, -0.25) is 0 Å². The highest BCUT2D eigenvalue weighted by Gasteiger charge is 2.31. The van der Waals surface area contributed by atoms with E-state index in [1.807, 2.05) is 0 Å². The van der Waals surface area contributed by atoms with Gasteiger partial charge in [0.05, 0.1) is 7.11 Å². The number of hydrogen-bond acceptors (Lipinski definition) is 5. The summed E-state index contributed by atoms with van der Waals surface area (Å²) >= 11 is 0. The third-order valence-corrected chi connectivity index (χ3v) is 3.53. The minimum Gasteiger partial charge on any atom is -0.479 e. The molecule has 1 fully saturated rings. The number of methoxy groups -OCH3 is 1. The number of rotatable bonds is 1. The zero-order valence-electron chi connectivity index (χ0n) is 9.36. The van der Waals surface area contributed by atoms with Crippen LogP contribution in [0.25, 0.3) is 0 Å². The lowest BCUT2D eigenvalue weighted by Gasteiger charge is -2.16. The topological polar surface area (TPSA) is 59.1 Å². The first-order valence-corrected chi connectivity index (χ1v) is 5.78. The van der Waals surface area contributed by atoms with Crippen LogP contribution in [0.1, 0.15) is 19.3 Å². The second kappa shape index (κ2) is 3.81. The Balaban J connectivity index is 1.96. The van der Waals surface area contributed by atoms with E-state index in [0.29, 0.717) is 17.8 Å². The van der Waals surface area contributed by atoms with Crippen LogP contribution in [0.4, 0.5) is 11.5 Å². The second-order valence-electron chi connectivity index (χ2n) is 4.43. The molecule has 2 N–H and O–H groups in total. The molecule has 16 heavy (non-hydrogen) atoms. The molecule has 0 saturated heterocycles. The van der Waals surface area contributed by atoms with Crippen LogP contribution in [0.15, 0.2) is 6.33 Å². The van der Waals surface area contributed by atoms with E-state index < -0.39 is 0 Å². The van der Waals surface area contributed by atoms with Crippen molar-refractivity contribution in [2.24, 2.45) is 5.92 Å². The highest BCUT2D eigenvalue weighted by Crippen LogP contribution is 2.36. The normalized spacial score (nSPS) is 27.1. The number of ether oxygens (including phenoxy) is 1. The van der Waals surface area contributed by atoms with Crippen LogP contribution in [0, 0.1) is 5.92 Å². The molecule has 5 nitrogen and oxygen atoms in total. The first kappa shape index (κ1) is 9.69. The fraction of sp³-hybridized carbons (Fsp3) is 0.636. The second-order valence-corrected chi connectivity index (χ2v) is 4.43. The highest BCUT2D eigenvalue weighted by molar-refractivity contribution is 5.70. The minimum atomic E-state index is 0.549. The standard InChI is InChI=1S/C11H16N4O/c1-16-11-9-10(13-6-14-11)15-8-4-2-3-7(8)5-12-9/h6-8,12H,2-5H2,1H3,(H,13,14,15). The van der Waals surface area contributed by atoms with E-state index in [1.165, 1.54) is 19.3 Å². The molecule has 3 rings (SSSR count). The molecule has 1 aromatic rings. The molecular weight excluding hydrogens is 204 g/mol. The van der Waals surface area contributed by atoms with Crippen LogP contribution in [-0.4, -0.2) is 29.7 Å². The van der Waals surface area contributed by atoms with Crippen molar-refractivity contribution in [3.05, 3.63) is 6.33 Å². The number of nitrogens with zero attached hydrogens (tertiary/aromatic N) is 2. The van der Waals surface area contributed by atoms with Gasteiger partial charge in [-0.15, -0.1) is 0 Å². The van der Waals surface area contributed by atoms with Gasteiger partial charge in [0.15, 0.2) is 5.82 Å². The molecule has 0 radical (unpaired) electrons. The molecule has 86 valence electrons. The van der Waals surface area contributed by atoms with Gasteiger partial charge >= 0.3 is 0 Å². The van der Waals surface area contributed by atoms with Crippen LogP contribution >= 0.6 is 0 Å². The molecule has 0 aromatic carbocycles. The lowest BCUT2D eigenvalue weighted by Crippen LogP contribution is -2.25. The summed E-state index contributed by atoms with van der Waals surface area (Å²) in [6.45, 7) is 0.981. The predicted molar refractivity (Wildman–Crippen MR) is 61.8 cm³/mol. The lowest BCUT2D eigenvalue weighted by molar-refractivity contribution is 0.399. The average molecular weight is 220 g/mol. The molecule has 5 heteroatoms. The van der Waals surface area contributed by atoms with E-state index in [4.69, 9.17) is 4.74 Å². The van der Waals surface area contributed by atoms with Crippen molar-refractivity contribution in [2.45, 2.75) is 25.3 Å². The summed E-state index contributed by atoms with van der Waals surface area (Å²) < 4.78 is 5.24. The Kier molecular flexibility index (Phi) is 2.31. The SMILES string of the molecule is COc1ncnc2c1NCC1CCCC1N2. The fourth-order valence-electron chi connectivity index (χ4n) is 2.67. The smallest absolute Gasteiger partial charge is 0.242 e. The van der Waals surface area contributed by atoms with Crippen molar-refractivity contribution in [3.63, 3.8) is 0 Å². The van der Waals surface area contributed by atoms with Crippen molar-refractivity contribution >= 4 is 11.5 Å². The molecule has 2 unspecified atom stereocenters. The van der Waals surface area contributed by atoms with Crippen LogP contribution in [0.2, 0.25) is 0 Å². The highest BCUT2D eigenvalue weighted by atomic mass is 16.5. The average Bonchev–Trinajstić information content (AvgIpc) is 2.67. The summed E-state index contributed by atoms with van der Waals surface area (Å²) in [4.78, 5) is 8.39. The monoisotopic (exact) mass is 220 g/mol. The van der Waals surface area contributed by atoms with Gasteiger partial charge in [-0.2, -0.15) is 4.98 Å². The zero-order chi connectivity index (χ0) is 11.0. The molecule has 2 heterocycles. The zero-order valence-corrected chi connectivity index (χ0v) is 9.36. The maximum Gasteiger partial charge on any atom is 0.242 e. The molecule has 0 bridgehead atoms. The maximum atomic E-state index is 5.24. The summed E-state index contributed by atoms with van der Waals surface area (Å²) in [5.41, 5.74) is 0.902. The molecular formula is C11H16N4O. The third-order valence-electron chi connectivity index (χ3n) is 3.53. The van der Waals surface area contributed by atoms with E-state index in [-0.39, 0.29) is 0 Å². The van der Waals surface area contributed by atoms with E-state index in [9.17, 15) is 0 Å². The Morgan fingerprint density at radius 1 is 1.38 bits per heavy atom. The lowest BCUT2D eigenvalue weighted by atomic mass is 10.0. The Labute approximate surface area is 94.6 Å². The summed E-state index contributed by atoms with van der Waals surface area (Å²) in [5.74, 6) is 2.19. The van der Waals surface area contributed by atoms with Crippen LogP contribution in [0.3, 0.4) is 0 Å². The first-order chi connectivity index (χ1) is 7.88. The van der Waals surface area contributed by atoms with Gasteiger partial charge in [-0.25, -0.2) is 4.98 Å². The Morgan fingerprint density at radius 3 is 3.19 bits per heavy atom. The number of anilines is 2. The molecule has 1 aromatic heterocycles. The van der Waals surface area contributed by atoms with Crippen LogP contribution in [-0.2, 0) is 0 Å². The predicted octanol–water partition coefficient (Wildman–Crippen LogP) is 1.49.